The van der Waals surface area contributed by atoms with E-state index in [0.717, 1.165) is 18.4 Å². The Morgan fingerprint density at radius 3 is 2.61 bits per heavy atom. The largest absolute Gasteiger partial charge is 0.388 e. The van der Waals surface area contributed by atoms with Crippen LogP contribution in [0.2, 0.25) is 0 Å². The Balaban J connectivity index is 1.83. The first-order valence-electron chi connectivity index (χ1n) is 10.4. The number of halogens is 2. The Bertz CT molecular complexity index is 766. The number of fused-ring (bicyclic) bond motifs is 5. The Kier molecular flexibility index (Phi) is 4.68. The summed E-state index contributed by atoms with van der Waals surface area (Å²) in [6.07, 6.45) is 5.67. The molecule has 0 aliphatic heterocycles. The number of ketones is 2. The van der Waals surface area contributed by atoms with E-state index in [-0.39, 0.29) is 29.0 Å². The van der Waals surface area contributed by atoms with Crippen molar-refractivity contribution in [3.8, 4) is 0 Å². The normalized spacial score (nSPS) is 53.1. The van der Waals surface area contributed by atoms with E-state index < -0.39 is 33.7 Å². The van der Waals surface area contributed by atoms with Crippen molar-refractivity contribution in [1.29, 1.82) is 0 Å². The van der Waals surface area contributed by atoms with Crippen molar-refractivity contribution in [2.75, 3.05) is 6.61 Å². The molecule has 4 aliphatic carbocycles. The number of aliphatic hydroxyl groups excluding tert-OH is 1. The lowest BCUT2D eigenvalue weighted by Crippen LogP contribution is -2.68. The zero-order valence-corrected chi connectivity index (χ0v) is 18.3. The van der Waals surface area contributed by atoms with Crippen molar-refractivity contribution < 1.29 is 19.8 Å². The molecule has 4 nitrogen and oxygen atoms in total. The van der Waals surface area contributed by atoms with Crippen LogP contribution in [0, 0.1) is 28.6 Å². The van der Waals surface area contributed by atoms with Crippen molar-refractivity contribution >= 4 is 34.8 Å². The second-order valence-corrected chi connectivity index (χ2v) is 11.2. The Labute approximate surface area is 176 Å². The first-order chi connectivity index (χ1) is 13.0. The summed E-state index contributed by atoms with van der Waals surface area (Å²) in [4.78, 5) is 24.0. The molecule has 2 unspecified atom stereocenters. The summed E-state index contributed by atoms with van der Waals surface area (Å²) >= 11 is 14.5. The summed E-state index contributed by atoms with van der Waals surface area (Å²) in [6, 6.07) is 0. The lowest BCUT2D eigenvalue weighted by Gasteiger charge is -2.64. The van der Waals surface area contributed by atoms with Gasteiger partial charge in [0.05, 0.1) is 10.3 Å². The summed E-state index contributed by atoms with van der Waals surface area (Å²) in [6.45, 7) is 5.33. The van der Waals surface area contributed by atoms with Crippen LogP contribution in [-0.2, 0) is 9.59 Å². The molecule has 0 bridgehead atoms. The number of rotatable bonds is 2. The monoisotopic (exact) mass is 428 g/mol. The molecule has 0 radical (unpaired) electrons. The molecule has 8 atom stereocenters. The zero-order valence-electron chi connectivity index (χ0n) is 16.8. The number of hydrogen-bond acceptors (Lipinski definition) is 4. The van der Waals surface area contributed by atoms with Crippen LogP contribution in [0.25, 0.3) is 0 Å². The zero-order chi connectivity index (χ0) is 20.7. The second kappa shape index (κ2) is 6.29. The highest BCUT2D eigenvalue weighted by Crippen LogP contribution is 2.72. The molecule has 0 aromatic heterocycles. The van der Waals surface area contributed by atoms with Gasteiger partial charge in [0.1, 0.15) is 12.2 Å². The van der Waals surface area contributed by atoms with Crippen LogP contribution in [0.4, 0.5) is 0 Å². The minimum absolute atomic E-state index is 0.0477. The number of aliphatic hydroxyl groups is 2. The molecule has 0 heterocycles. The lowest BCUT2D eigenvalue weighted by molar-refractivity contribution is -0.168. The first kappa shape index (κ1) is 20.8. The smallest absolute Gasteiger partial charge is 0.190 e. The third-order valence-corrected chi connectivity index (χ3v) is 10.7. The molecular weight excluding hydrogens is 399 g/mol. The Morgan fingerprint density at radius 2 is 1.96 bits per heavy atom. The average Bonchev–Trinajstić information content (AvgIpc) is 2.84. The molecule has 28 heavy (non-hydrogen) atoms. The molecule has 0 spiro atoms. The molecule has 3 fully saturated rings. The highest BCUT2D eigenvalue weighted by molar-refractivity contribution is 6.33. The molecule has 156 valence electrons. The van der Waals surface area contributed by atoms with Gasteiger partial charge in [0.2, 0.25) is 0 Å². The fraction of sp³-hybridized carbons (Fsp3) is 0.818. The number of Topliss-reactive ketones (excluding diaryl/α,β-unsaturated/α-hetero) is 1. The van der Waals surface area contributed by atoms with E-state index in [9.17, 15) is 19.8 Å². The van der Waals surface area contributed by atoms with Crippen molar-refractivity contribution in [3.63, 3.8) is 0 Å². The highest BCUT2D eigenvalue weighted by atomic mass is 35.5. The third-order valence-electron chi connectivity index (χ3n) is 9.15. The van der Waals surface area contributed by atoms with Crippen LogP contribution in [0.5, 0.6) is 0 Å². The quantitative estimate of drug-likeness (QED) is 0.658. The van der Waals surface area contributed by atoms with Gasteiger partial charge < -0.3 is 10.2 Å². The topological polar surface area (TPSA) is 74.6 Å². The van der Waals surface area contributed by atoms with Crippen LogP contribution in [0.3, 0.4) is 0 Å². The standard InChI is InChI=1S/C22H30Cl2O4/c1-12-8-16-15-5-4-13-9-14(26)6-7-19(13,2)21(15,24)17(23)10-20(16,3)22(12,28)18(27)11-25/h9,12,15-17,25,28H,4-8,10-11H2,1-3H3/t12?,15-,16-,17?,19-,20-,21-,22-/m0/s1. The minimum Gasteiger partial charge on any atom is -0.388 e. The van der Waals surface area contributed by atoms with Gasteiger partial charge in [-0.3, -0.25) is 9.59 Å². The molecular formula is C22H30Cl2O4. The number of carbonyl (C=O) groups excluding carboxylic acids is 2. The van der Waals surface area contributed by atoms with Gasteiger partial charge in [0, 0.05) is 17.3 Å². The molecule has 4 rings (SSSR count). The fourth-order valence-corrected chi connectivity index (χ4v) is 8.83. The second-order valence-electron chi connectivity index (χ2n) is 10.1. The van der Waals surface area contributed by atoms with Crippen molar-refractivity contribution in [2.24, 2.45) is 28.6 Å². The van der Waals surface area contributed by atoms with E-state index in [1.54, 1.807) is 6.08 Å². The summed E-state index contributed by atoms with van der Waals surface area (Å²) in [5.74, 6) is -0.514. The summed E-state index contributed by atoms with van der Waals surface area (Å²) in [5, 5.41) is 20.6. The molecule has 0 saturated heterocycles. The molecule has 0 aromatic rings. The van der Waals surface area contributed by atoms with Crippen molar-refractivity contribution in [1.82, 2.24) is 0 Å². The molecule has 0 amide bonds. The van der Waals surface area contributed by atoms with Gasteiger partial charge in [-0.05, 0) is 55.9 Å². The summed E-state index contributed by atoms with van der Waals surface area (Å²) in [7, 11) is 0. The molecule has 3 saturated carbocycles. The molecule has 2 N–H and O–H groups in total. The predicted octanol–water partition coefficient (Wildman–Crippen LogP) is 3.64. The van der Waals surface area contributed by atoms with Gasteiger partial charge in [-0.15, -0.1) is 23.2 Å². The van der Waals surface area contributed by atoms with E-state index in [1.165, 1.54) is 0 Å². The number of alkyl halides is 2. The van der Waals surface area contributed by atoms with E-state index in [1.807, 2.05) is 13.8 Å². The fourth-order valence-electron chi connectivity index (χ4n) is 7.55. The third kappa shape index (κ3) is 2.21. The lowest BCUT2D eigenvalue weighted by atomic mass is 9.45. The maximum Gasteiger partial charge on any atom is 0.190 e. The van der Waals surface area contributed by atoms with Crippen LogP contribution in [0.15, 0.2) is 11.6 Å². The van der Waals surface area contributed by atoms with Gasteiger partial charge in [-0.25, -0.2) is 0 Å². The SMILES string of the molecule is CC1C[C@H]2[C@@H]3CCC4=CC(=O)CC[C@]4(C)[C@@]3(Cl)C(Cl)C[C@]2(C)[C@@]1(O)C(=O)CO. The van der Waals surface area contributed by atoms with Gasteiger partial charge in [-0.2, -0.15) is 0 Å². The van der Waals surface area contributed by atoms with Crippen LogP contribution in [-0.4, -0.2) is 44.2 Å². The van der Waals surface area contributed by atoms with Crippen LogP contribution in [0.1, 0.15) is 59.3 Å². The predicted molar refractivity (Wildman–Crippen MR) is 108 cm³/mol. The number of carbonyl (C=O) groups is 2. The van der Waals surface area contributed by atoms with E-state index in [2.05, 4.69) is 6.92 Å². The van der Waals surface area contributed by atoms with Crippen molar-refractivity contribution in [3.05, 3.63) is 11.6 Å². The van der Waals surface area contributed by atoms with Crippen LogP contribution >= 0.6 is 23.2 Å². The molecule has 4 aliphatic rings. The van der Waals surface area contributed by atoms with E-state index in [4.69, 9.17) is 23.2 Å². The minimum atomic E-state index is -1.59. The van der Waals surface area contributed by atoms with Crippen LogP contribution < -0.4 is 0 Å². The molecule has 0 aromatic carbocycles. The van der Waals surface area contributed by atoms with Gasteiger partial charge in [-0.1, -0.05) is 26.3 Å². The highest BCUT2D eigenvalue weighted by Gasteiger charge is 2.74. The first-order valence-corrected chi connectivity index (χ1v) is 11.2. The maximum absolute atomic E-state index is 12.7. The van der Waals surface area contributed by atoms with Gasteiger partial charge in [0.25, 0.3) is 0 Å². The van der Waals surface area contributed by atoms with Gasteiger partial charge in [0.15, 0.2) is 11.6 Å². The number of hydrogen-bond donors (Lipinski definition) is 2. The summed E-state index contributed by atoms with van der Waals surface area (Å²) in [5.41, 5.74) is -1.55. The summed E-state index contributed by atoms with van der Waals surface area (Å²) < 4.78 is 0. The Morgan fingerprint density at radius 1 is 1.29 bits per heavy atom. The van der Waals surface area contributed by atoms with E-state index >= 15 is 0 Å². The average molecular weight is 429 g/mol. The maximum atomic E-state index is 12.7. The molecule has 6 heteroatoms. The van der Waals surface area contributed by atoms with Crippen molar-refractivity contribution in [2.45, 2.75) is 75.1 Å². The number of allylic oxidation sites excluding steroid dienone is 1. The van der Waals surface area contributed by atoms with Gasteiger partial charge >= 0.3 is 0 Å². The van der Waals surface area contributed by atoms with E-state index in [0.29, 0.717) is 25.7 Å². The Hall–Kier alpha value is -0.420.